The predicted octanol–water partition coefficient (Wildman–Crippen LogP) is 12.6. The maximum Gasteiger partial charge on any atom is 0.519 e. The highest BCUT2D eigenvalue weighted by atomic mass is 16.8. The minimum atomic E-state index is -1.06. The van der Waals surface area contributed by atoms with Gasteiger partial charge in [-0.05, 0) is 112 Å². The number of carbonyl (C=O) groups is 6. The Morgan fingerprint density at radius 3 is 1.35 bits per heavy atom. The van der Waals surface area contributed by atoms with Gasteiger partial charge in [0.1, 0.15) is 55.7 Å². The van der Waals surface area contributed by atoms with Gasteiger partial charge in [0.25, 0.3) is 0 Å². The maximum absolute atomic E-state index is 13.4. The molecule has 2 fully saturated rings. The zero-order valence-electron chi connectivity index (χ0n) is 49.1. The van der Waals surface area contributed by atoms with Crippen LogP contribution in [0.3, 0.4) is 0 Å². The van der Waals surface area contributed by atoms with Crippen molar-refractivity contribution in [1.82, 2.24) is 9.80 Å². The van der Waals surface area contributed by atoms with Crippen LogP contribution in [0.15, 0.2) is 175 Å². The van der Waals surface area contributed by atoms with Crippen LogP contribution in [-0.2, 0) is 64.2 Å². The first-order chi connectivity index (χ1) is 41.2. The van der Waals surface area contributed by atoms with E-state index in [2.05, 4.69) is 9.89 Å². The minimum absolute atomic E-state index is 0.104. The Labute approximate surface area is 500 Å². The van der Waals surface area contributed by atoms with Crippen molar-refractivity contribution in [3.05, 3.63) is 213 Å². The third-order valence-electron chi connectivity index (χ3n) is 13.4. The van der Waals surface area contributed by atoms with Gasteiger partial charge in [-0.3, -0.25) is 19.7 Å². The fraction of sp³-hybridized carbons (Fsp3) is 0.348. The monoisotopic (exact) mass is 1180 g/mol. The summed E-state index contributed by atoms with van der Waals surface area (Å²) in [5, 5.41) is 15.5. The second-order valence-corrected chi connectivity index (χ2v) is 22.4. The molecule has 0 saturated carbocycles. The van der Waals surface area contributed by atoms with Crippen LogP contribution in [0.5, 0.6) is 11.5 Å². The van der Waals surface area contributed by atoms with Crippen molar-refractivity contribution in [1.29, 1.82) is 0 Å². The summed E-state index contributed by atoms with van der Waals surface area (Å²) >= 11 is 0. The van der Waals surface area contributed by atoms with Crippen molar-refractivity contribution in [2.75, 3.05) is 26.4 Å². The first-order valence-corrected chi connectivity index (χ1v) is 28.2. The van der Waals surface area contributed by atoms with Gasteiger partial charge < -0.3 is 38.0 Å². The van der Waals surface area contributed by atoms with Crippen LogP contribution in [0.25, 0.3) is 0 Å². The van der Waals surface area contributed by atoms with E-state index in [1.54, 1.807) is 65.8 Å². The third-order valence-corrected chi connectivity index (χ3v) is 13.4. The van der Waals surface area contributed by atoms with Crippen molar-refractivity contribution in [2.24, 2.45) is 5.16 Å². The molecule has 0 unspecified atom stereocenters. The Morgan fingerprint density at radius 1 is 0.570 bits per heavy atom. The zero-order valence-corrected chi connectivity index (χ0v) is 49.1. The Morgan fingerprint density at radius 2 is 0.965 bits per heavy atom. The average Bonchev–Trinajstić information content (AvgIpc) is 3.01. The van der Waals surface area contributed by atoms with Gasteiger partial charge in [0.05, 0.1) is 23.7 Å². The van der Waals surface area contributed by atoms with E-state index in [9.17, 15) is 38.9 Å². The highest BCUT2D eigenvalue weighted by Crippen LogP contribution is 2.31. The number of nitrogens with zero attached hydrogens (tertiary/aromatic N) is 4. The lowest BCUT2D eigenvalue weighted by atomic mass is 9.89. The van der Waals surface area contributed by atoms with E-state index in [0.29, 0.717) is 50.4 Å². The standard InChI is InChI=1S/C29H28N2O5.C27H26N2O6.C10H18O5/c32-28(31-24(20-35-29(31)33)17-21-7-3-1-4-8-21)18-26(27-15-16-36-30-27)23-11-13-25(14-12-23)34-19-22-9-5-2-6-10-22;30-26(29-24(19-35-27(29)31)15-20-7-3-1-4-8-20)16-23(17-28(32)33)22-11-13-25(14-12-22)34-18-21-9-5-2-6-10-21;1-9(2,3)14-7(11)13-8(12)15-10(4,5)6/h1-14,24,26H,15-20H2;1-14,23-24H,15-19H2;1-6H3/t24-,26-;23-,24+;/m01./s1. The number of hydrogen-bond acceptors (Lipinski definition) is 17. The first kappa shape index (κ1) is 64.0. The van der Waals surface area contributed by atoms with Gasteiger partial charge in [-0.15, -0.1) is 0 Å². The van der Waals surface area contributed by atoms with Crippen molar-refractivity contribution in [2.45, 2.75) is 122 Å². The summed E-state index contributed by atoms with van der Waals surface area (Å²) in [4.78, 5) is 91.9. The first-order valence-electron chi connectivity index (χ1n) is 28.2. The molecule has 4 amide bonds. The quantitative estimate of drug-likeness (QED) is 0.0241. The van der Waals surface area contributed by atoms with Crippen LogP contribution in [0, 0.1) is 10.1 Å². The molecule has 3 aliphatic heterocycles. The normalized spacial score (nSPS) is 16.0. The van der Waals surface area contributed by atoms with Crippen molar-refractivity contribution < 1.29 is 71.7 Å². The van der Waals surface area contributed by atoms with Gasteiger partial charge >= 0.3 is 24.5 Å². The van der Waals surface area contributed by atoms with Gasteiger partial charge in [0, 0.05) is 30.1 Å². The third kappa shape index (κ3) is 20.6. The van der Waals surface area contributed by atoms with Gasteiger partial charge in [-0.25, -0.2) is 29.0 Å². The maximum atomic E-state index is 13.4. The molecular formula is C66H72N4O16. The Bertz CT molecular complexity index is 3200. The summed E-state index contributed by atoms with van der Waals surface area (Å²) in [6.45, 7) is 11.3. The smallest absolute Gasteiger partial charge is 0.489 e. The Balaban J connectivity index is 0.000000200. The molecule has 2 saturated heterocycles. The molecular weight excluding hydrogens is 1100 g/mol. The van der Waals surface area contributed by atoms with E-state index < -0.39 is 65.0 Å². The van der Waals surface area contributed by atoms with Crippen LogP contribution >= 0.6 is 0 Å². The number of cyclic esters (lactones) is 2. The zero-order chi connectivity index (χ0) is 61.6. The van der Waals surface area contributed by atoms with Crippen LogP contribution in [0.4, 0.5) is 19.2 Å². The number of rotatable bonds is 19. The number of oxime groups is 1. The number of nitro groups is 1. The fourth-order valence-electron chi connectivity index (χ4n) is 9.37. The number of imide groups is 2. The lowest BCUT2D eigenvalue weighted by molar-refractivity contribution is -0.483. The van der Waals surface area contributed by atoms with Crippen molar-refractivity contribution >= 4 is 42.0 Å². The molecule has 20 heteroatoms. The second-order valence-electron chi connectivity index (χ2n) is 22.4. The molecule has 9 rings (SSSR count). The highest BCUT2D eigenvalue weighted by molar-refractivity contribution is 5.99. The Kier molecular flexibility index (Phi) is 22.9. The summed E-state index contributed by atoms with van der Waals surface area (Å²) in [6, 6.07) is 52.8. The lowest BCUT2D eigenvalue weighted by Crippen LogP contribution is -2.41. The molecule has 3 aliphatic rings. The van der Waals surface area contributed by atoms with Crippen LogP contribution in [0.1, 0.15) is 106 Å². The van der Waals surface area contributed by atoms with E-state index in [1.165, 1.54) is 4.90 Å². The van der Waals surface area contributed by atoms with E-state index >= 15 is 0 Å². The van der Waals surface area contributed by atoms with E-state index in [0.717, 1.165) is 44.2 Å². The number of ether oxygens (including phenoxy) is 7. The van der Waals surface area contributed by atoms with Crippen molar-refractivity contribution in [3.63, 3.8) is 0 Å². The fourth-order valence-corrected chi connectivity index (χ4v) is 9.37. The molecule has 6 aromatic rings. The molecule has 86 heavy (non-hydrogen) atoms. The molecule has 0 bridgehead atoms. The molecule has 0 radical (unpaired) electrons. The molecule has 4 atom stereocenters. The predicted molar refractivity (Wildman–Crippen MR) is 317 cm³/mol. The van der Waals surface area contributed by atoms with Gasteiger partial charge in [-0.2, -0.15) is 0 Å². The molecule has 452 valence electrons. The number of hydrogen-bond donors (Lipinski definition) is 0. The lowest BCUT2D eigenvalue weighted by Gasteiger charge is -2.23. The van der Waals surface area contributed by atoms with Gasteiger partial charge in [0.2, 0.25) is 18.4 Å². The molecule has 20 nitrogen and oxygen atoms in total. The number of carbonyl (C=O) groups excluding carboxylic acids is 6. The topological polar surface area (TPSA) is 238 Å². The number of benzene rings is 6. The summed E-state index contributed by atoms with van der Waals surface area (Å²) in [5.41, 5.74) is 5.10. The Hall–Kier alpha value is -9.59. The summed E-state index contributed by atoms with van der Waals surface area (Å²) < 4.78 is 35.9. The molecule has 0 spiro atoms. The van der Waals surface area contributed by atoms with Crippen LogP contribution < -0.4 is 9.47 Å². The van der Waals surface area contributed by atoms with Gasteiger partial charge in [0.15, 0.2) is 0 Å². The van der Waals surface area contributed by atoms with E-state index in [-0.39, 0.29) is 43.9 Å². The summed E-state index contributed by atoms with van der Waals surface area (Å²) in [7, 11) is 0. The van der Waals surface area contributed by atoms with E-state index in [4.69, 9.17) is 33.3 Å². The van der Waals surface area contributed by atoms with E-state index in [1.807, 2.05) is 146 Å². The SMILES string of the molecule is CC(C)(C)OC(=O)OC(=O)OC(C)(C)C.O=C(C[C@H](C1=NOCC1)c1ccc(OCc2ccccc2)cc1)N1C(=O)OC[C@@H]1Cc1ccccc1.O=C(C[C@H](C[N+](=O)[O-])c1ccc(OCc2ccccc2)cc1)N1C(=O)OC[C@@H]1Cc1ccccc1. The molecule has 0 N–H and O–H groups in total. The molecule has 6 aromatic carbocycles. The summed E-state index contributed by atoms with van der Waals surface area (Å²) in [6.07, 6.45) is -1.82. The van der Waals surface area contributed by atoms with Crippen LogP contribution in [-0.4, -0.2) is 106 Å². The molecule has 3 heterocycles. The van der Waals surface area contributed by atoms with Crippen molar-refractivity contribution in [3.8, 4) is 11.5 Å². The van der Waals surface area contributed by atoms with Crippen LogP contribution in [0.2, 0.25) is 0 Å². The largest absolute Gasteiger partial charge is 0.519 e. The average molecular weight is 1180 g/mol. The molecule has 0 aromatic heterocycles. The minimum Gasteiger partial charge on any atom is -0.489 e. The van der Waals surface area contributed by atoms with Gasteiger partial charge in [-0.1, -0.05) is 151 Å². The highest BCUT2D eigenvalue weighted by Gasteiger charge is 2.41. The number of amides is 4. The molecule has 0 aliphatic carbocycles. The summed E-state index contributed by atoms with van der Waals surface area (Å²) in [5.74, 6) is -0.384. The second kappa shape index (κ2) is 30.8.